The van der Waals surface area contributed by atoms with Gasteiger partial charge in [0.05, 0.1) is 5.41 Å². The lowest BCUT2D eigenvalue weighted by atomic mass is 9.67. The summed E-state index contributed by atoms with van der Waals surface area (Å²) in [6.45, 7) is 5.56. The number of halogens is 2. The van der Waals surface area contributed by atoms with E-state index in [1.165, 1.54) is 19.3 Å². The van der Waals surface area contributed by atoms with Crippen molar-refractivity contribution in [2.45, 2.75) is 51.5 Å². The molecule has 6 nitrogen and oxygen atoms in total. The van der Waals surface area contributed by atoms with E-state index >= 15 is 0 Å². The molecule has 4 rings (SSSR count). The van der Waals surface area contributed by atoms with E-state index in [1.54, 1.807) is 6.92 Å². The number of hydrogen-bond donors (Lipinski definition) is 3. The number of fused-ring (bicyclic) bond motifs is 1. The van der Waals surface area contributed by atoms with Gasteiger partial charge in [0.25, 0.3) is 0 Å². The number of carbonyl (C=O) groups excluding carboxylic acids is 2. The van der Waals surface area contributed by atoms with Crippen LogP contribution in [0.1, 0.15) is 45.4 Å². The number of anilines is 2. The molecule has 3 N–H and O–H groups in total. The molecule has 3 fully saturated rings. The standard InChI is InChI=1S/C22H32N4O2.2ClH/c1-16(24-21(28)22-10-3-2-7-17(22)14-23-15-22)20(27)25-18-8-6-9-19(13-18)26-11-4-5-12-26;;/h6,8-9,13,16-17,23H,2-5,7,10-12,14-15H2,1H3,(H,24,28)(H,25,27);2*1H/t16?,17-,22+;;/m0../s1. The molecule has 1 saturated carbocycles. The van der Waals surface area contributed by atoms with Crippen molar-refractivity contribution in [3.8, 4) is 0 Å². The Morgan fingerprint density at radius 3 is 2.70 bits per heavy atom. The highest BCUT2D eigenvalue weighted by molar-refractivity contribution is 5.98. The third-order valence-electron chi connectivity index (χ3n) is 6.82. The van der Waals surface area contributed by atoms with Gasteiger partial charge in [-0.3, -0.25) is 9.59 Å². The van der Waals surface area contributed by atoms with E-state index in [0.717, 1.165) is 56.8 Å². The molecule has 1 unspecified atom stereocenters. The van der Waals surface area contributed by atoms with Crippen LogP contribution in [0, 0.1) is 11.3 Å². The molecular weight excluding hydrogens is 423 g/mol. The van der Waals surface area contributed by atoms with Crippen molar-refractivity contribution < 1.29 is 9.59 Å². The maximum absolute atomic E-state index is 13.1. The summed E-state index contributed by atoms with van der Waals surface area (Å²) >= 11 is 0. The van der Waals surface area contributed by atoms with Crippen LogP contribution in [0.25, 0.3) is 0 Å². The minimum absolute atomic E-state index is 0. The summed E-state index contributed by atoms with van der Waals surface area (Å²) in [5.41, 5.74) is 1.60. The van der Waals surface area contributed by atoms with E-state index in [1.807, 2.05) is 18.2 Å². The minimum Gasteiger partial charge on any atom is -0.371 e. The lowest BCUT2D eigenvalue weighted by Gasteiger charge is -2.37. The topological polar surface area (TPSA) is 73.5 Å². The molecule has 30 heavy (non-hydrogen) atoms. The molecule has 1 aliphatic carbocycles. The van der Waals surface area contributed by atoms with Gasteiger partial charge in [-0.15, -0.1) is 24.8 Å². The van der Waals surface area contributed by atoms with E-state index in [2.05, 4.69) is 26.9 Å². The number of rotatable bonds is 5. The second kappa shape index (κ2) is 10.7. The number of carbonyl (C=O) groups is 2. The van der Waals surface area contributed by atoms with Crippen molar-refractivity contribution in [1.29, 1.82) is 0 Å². The molecule has 0 spiro atoms. The van der Waals surface area contributed by atoms with Gasteiger partial charge in [0.1, 0.15) is 6.04 Å². The van der Waals surface area contributed by atoms with Crippen molar-refractivity contribution in [1.82, 2.24) is 10.6 Å². The van der Waals surface area contributed by atoms with Crippen molar-refractivity contribution in [2.24, 2.45) is 11.3 Å². The average Bonchev–Trinajstić information content (AvgIpc) is 3.38. The first kappa shape index (κ1) is 24.8. The lowest BCUT2D eigenvalue weighted by Crippen LogP contribution is -2.52. The molecule has 0 bridgehead atoms. The maximum atomic E-state index is 13.1. The third-order valence-corrected chi connectivity index (χ3v) is 6.82. The van der Waals surface area contributed by atoms with Crippen LogP contribution < -0.4 is 20.9 Å². The van der Waals surface area contributed by atoms with Crippen LogP contribution in [0.2, 0.25) is 0 Å². The average molecular weight is 457 g/mol. The summed E-state index contributed by atoms with van der Waals surface area (Å²) in [6.07, 6.45) is 6.75. The molecule has 2 heterocycles. The van der Waals surface area contributed by atoms with Crippen molar-refractivity contribution >= 4 is 48.0 Å². The molecule has 8 heteroatoms. The highest BCUT2D eigenvalue weighted by Crippen LogP contribution is 2.44. The Morgan fingerprint density at radius 2 is 1.93 bits per heavy atom. The third kappa shape index (κ3) is 5.04. The fraction of sp³-hybridized carbons (Fsp3) is 0.636. The van der Waals surface area contributed by atoms with Gasteiger partial charge < -0.3 is 20.9 Å². The molecule has 2 aliphatic heterocycles. The molecule has 0 aromatic heterocycles. The predicted octanol–water partition coefficient (Wildman–Crippen LogP) is 3.35. The smallest absolute Gasteiger partial charge is 0.246 e. The summed E-state index contributed by atoms with van der Waals surface area (Å²) in [7, 11) is 0. The van der Waals surface area contributed by atoms with Crippen LogP contribution in [-0.2, 0) is 9.59 Å². The maximum Gasteiger partial charge on any atom is 0.246 e. The number of nitrogens with zero attached hydrogens (tertiary/aromatic N) is 1. The fourth-order valence-electron chi connectivity index (χ4n) is 5.10. The first-order valence-corrected chi connectivity index (χ1v) is 10.8. The minimum atomic E-state index is -0.555. The van der Waals surface area contributed by atoms with Gasteiger partial charge in [0, 0.05) is 31.0 Å². The Balaban J connectivity index is 0.00000160. The van der Waals surface area contributed by atoms with Crippen LogP contribution in [-0.4, -0.2) is 44.0 Å². The summed E-state index contributed by atoms with van der Waals surface area (Å²) < 4.78 is 0. The van der Waals surface area contributed by atoms with Gasteiger partial charge in [-0.1, -0.05) is 18.9 Å². The second-order valence-electron chi connectivity index (χ2n) is 8.66. The van der Waals surface area contributed by atoms with Gasteiger partial charge in [-0.2, -0.15) is 0 Å². The van der Waals surface area contributed by atoms with Crippen LogP contribution in [0.4, 0.5) is 11.4 Å². The van der Waals surface area contributed by atoms with E-state index in [4.69, 9.17) is 0 Å². The summed E-state index contributed by atoms with van der Waals surface area (Å²) in [6, 6.07) is 7.43. The largest absolute Gasteiger partial charge is 0.371 e. The molecule has 3 atom stereocenters. The normalized spacial score (nSPS) is 26.0. The molecule has 2 amide bonds. The van der Waals surface area contributed by atoms with Crippen molar-refractivity contribution in [2.75, 3.05) is 36.4 Å². The zero-order valence-electron chi connectivity index (χ0n) is 17.6. The van der Waals surface area contributed by atoms with Crippen molar-refractivity contribution in [3.05, 3.63) is 24.3 Å². The molecular formula is C22H34Cl2N4O2. The highest BCUT2D eigenvalue weighted by atomic mass is 35.5. The molecule has 168 valence electrons. The molecule has 0 radical (unpaired) electrons. The van der Waals surface area contributed by atoms with E-state index in [0.29, 0.717) is 5.92 Å². The zero-order chi connectivity index (χ0) is 19.6. The van der Waals surface area contributed by atoms with Gasteiger partial charge in [-0.05, 0) is 63.3 Å². The first-order valence-electron chi connectivity index (χ1n) is 10.8. The Labute approximate surface area is 191 Å². The quantitative estimate of drug-likeness (QED) is 0.634. The number of nitrogens with one attached hydrogen (secondary N) is 3. The van der Waals surface area contributed by atoms with E-state index in [9.17, 15) is 9.59 Å². The zero-order valence-corrected chi connectivity index (χ0v) is 19.2. The van der Waals surface area contributed by atoms with Gasteiger partial charge in [-0.25, -0.2) is 0 Å². The molecule has 3 aliphatic rings. The SMILES string of the molecule is CC(NC(=O)[C@@]12CCCC[C@H]1CNC2)C(=O)Nc1cccc(N2CCCC2)c1.Cl.Cl. The van der Waals surface area contributed by atoms with Crippen molar-refractivity contribution in [3.63, 3.8) is 0 Å². The van der Waals surface area contributed by atoms with Gasteiger partial charge in [0.2, 0.25) is 11.8 Å². The van der Waals surface area contributed by atoms with Crippen LogP contribution in [0.15, 0.2) is 24.3 Å². The Bertz CT molecular complexity index is 742. The summed E-state index contributed by atoms with van der Waals surface area (Å²) in [5.74, 6) is 0.269. The van der Waals surface area contributed by atoms with Crippen LogP contribution >= 0.6 is 24.8 Å². The summed E-state index contributed by atoms with van der Waals surface area (Å²) in [4.78, 5) is 28.1. The number of benzene rings is 1. The van der Waals surface area contributed by atoms with Gasteiger partial charge in [0.15, 0.2) is 0 Å². The Hall–Kier alpha value is -1.50. The fourth-order valence-corrected chi connectivity index (χ4v) is 5.10. The van der Waals surface area contributed by atoms with Crippen LogP contribution in [0.5, 0.6) is 0 Å². The monoisotopic (exact) mass is 456 g/mol. The second-order valence-corrected chi connectivity index (χ2v) is 8.66. The van der Waals surface area contributed by atoms with Gasteiger partial charge >= 0.3 is 0 Å². The predicted molar refractivity (Wildman–Crippen MR) is 126 cm³/mol. The molecule has 1 aromatic rings. The number of hydrogen-bond acceptors (Lipinski definition) is 4. The number of amides is 2. The molecule has 1 aromatic carbocycles. The van der Waals surface area contributed by atoms with E-state index < -0.39 is 6.04 Å². The van der Waals surface area contributed by atoms with Crippen LogP contribution in [0.3, 0.4) is 0 Å². The molecule has 2 saturated heterocycles. The first-order chi connectivity index (χ1) is 13.6. The Morgan fingerprint density at radius 1 is 1.17 bits per heavy atom. The highest BCUT2D eigenvalue weighted by Gasteiger charge is 2.50. The van der Waals surface area contributed by atoms with E-state index in [-0.39, 0.29) is 42.0 Å². The summed E-state index contributed by atoms with van der Waals surface area (Å²) in [5, 5.41) is 9.37. The lowest BCUT2D eigenvalue weighted by molar-refractivity contribution is -0.136. The Kier molecular flexibility index (Phi) is 8.83.